The third kappa shape index (κ3) is 4.90. The standard InChI is InChI=1S/C15H20BrNO4S2/c1-10(2)8-11(13-4-3-7-21-13)12(9-18)17-23(19,20)15-6-5-14(16)22-15/h3-7,10-12,17-18H,8-9H2,1-2H3/t11-,12-/m1/s1. The number of furan rings is 1. The van der Waals surface area contributed by atoms with Crippen LogP contribution in [0.15, 0.2) is 42.9 Å². The first kappa shape index (κ1) is 18.7. The molecule has 0 radical (unpaired) electrons. The van der Waals surface area contributed by atoms with Gasteiger partial charge in [0, 0.05) is 5.92 Å². The summed E-state index contributed by atoms with van der Waals surface area (Å²) >= 11 is 4.39. The Hall–Kier alpha value is -0.670. The smallest absolute Gasteiger partial charge is 0.250 e. The van der Waals surface area contributed by atoms with Gasteiger partial charge in [-0.05, 0) is 52.5 Å². The third-order valence-electron chi connectivity index (χ3n) is 3.44. The SMILES string of the molecule is CC(C)C[C@@H](c1ccco1)[C@@H](CO)NS(=O)(=O)c1ccc(Br)s1. The fourth-order valence-corrected chi connectivity index (χ4v) is 5.73. The van der Waals surface area contributed by atoms with Crippen LogP contribution in [0.4, 0.5) is 0 Å². The maximum Gasteiger partial charge on any atom is 0.250 e. The van der Waals surface area contributed by atoms with Crippen LogP contribution in [0.5, 0.6) is 0 Å². The normalized spacial score (nSPS) is 15.0. The van der Waals surface area contributed by atoms with Crippen LogP contribution in [0, 0.1) is 5.92 Å². The molecular weight excluding hydrogens is 402 g/mol. The summed E-state index contributed by atoms with van der Waals surface area (Å²) in [5.41, 5.74) is 0. The molecule has 2 aromatic rings. The van der Waals surface area contributed by atoms with E-state index in [9.17, 15) is 13.5 Å². The molecule has 0 saturated heterocycles. The summed E-state index contributed by atoms with van der Waals surface area (Å²) in [6.07, 6.45) is 2.26. The molecule has 0 saturated carbocycles. The first-order valence-corrected chi connectivity index (χ1v) is 10.3. The van der Waals surface area contributed by atoms with Gasteiger partial charge in [0.2, 0.25) is 10.0 Å². The number of nitrogens with one attached hydrogen (secondary N) is 1. The highest BCUT2D eigenvalue weighted by Crippen LogP contribution is 2.30. The van der Waals surface area contributed by atoms with Crippen molar-refractivity contribution in [3.8, 4) is 0 Å². The lowest BCUT2D eigenvalue weighted by Crippen LogP contribution is -2.42. The van der Waals surface area contributed by atoms with Crippen molar-refractivity contribution < 1.29 is 17.9 Å². The van der Waals surface area contributed by atoms with Gasteiger partial charge in [0.25, 0.3) is 0 Å². The van der Waals surface area contributed by atoms with E-state index < -0.39 is 16.1 Å². The van der Waals surface area contributed by atoms with Gasteiger partial charge >= 0.3 is 0 Å². The van der Waals surface area contributed by atoms with Crippen molar-refractivity contribution in [1.82, 2.24) is 4.72 Å². The first-order chi connectivity index (χ1) is 10.8. The second kappa shape index (κ2) is 7.94. The van der Waals surface area contributed by atoms with Gasteiger partial charge in [-0.15, -0.1) is 11.3 Å². The lowest BCUT2D eigenvalue weighted by atomic mass is 9.89. The summed E-state index contributed by atoms with van der Waals surface area (Å²) in [4.78, 5) is 0. The summed E-state index contributed by atoms with van der Waals surface area (Å²) in [5.74, 6) is 0.778. The summed E-state index contributed by atoms with van der Waals surface area (Å²) in [7, 11) is -3.69. The molecule has 0 fully saturated rings. The number of hydrogen-bond acceptors (Lipinski definition) is 5. The minimum absolute atomic E-state index is 0.213. The first-order valence-electron chi connectivity index (χ1n) is 7.25. The molecule has 0 unspecified atom stereocenters. The van der Waals surface area contributed by atoms with Crippen LogP contribution in [0.25, 0.3) is 0 Å². The van der Waals surface area contributed by atoms with Crippen molar-refractivity contribution in [2.24, 2.45) is 5.92 Å². The molecule has 0 bridgehead atoms. The molecule has 0 amide bonds. The largest absolute Gasteiger partial charge is 0.469 e. The fourth-order valence-electron chi connectivity index (χ4n) is 2.43. The van der Waals surface area contributed by atoms with Crippen molar-refractivity contribution in [3.05, 3.63) is 40.1 Å². The molecule has 0 aliphatic carbocycles. The highest BCUT2D eigenvalue weighted by molar-refractivity contribution is 9.11. The quantitative estimate of drug-likeness (QED) is 0.682. The molecule has 2 heterocycles. The number of aliphatic hydroxyl groups excluding tert-OH is 1. The van der Waals surface area contributed by atoms with E-state index in [0.717, 1.165) is 15.1 Å². The maximum atomic E-state index is 12.5. The lowest BCUT2D eigenvalue weighted by Gasteiger charge is -2.26. The van der Waals surface area contributed by atoms with Crippen molar-refractivity contribution in [3.63, 3.8) is 0 Å². The molecule has 128 valence electrons. The average Bonchev–Trinajstić information content (AvgIpc) is 3.13. The number of halogens is 1. The summed E-state index contributed by atoms with van der Waals surface area (Å²) < 4.78 is 34.0. The molecule has 23 heavy (non-hydrogen) atoms. The summed E-state index contributed by atoms with van der Waals surface area (Å²) in [6.45, 7) is 3.80. The average molecular weight is 422 g/mol. The van der Waals surface area contributed by atoms with Crippen LogP contribution in [0.3, 0.4) is 0 Å². The number of aliphatic hydroxyl groups is 1. The van der Waals surface area contributed by atoms with Crippen molar-refractivity contribution in [1.29, 1.82) is 0 Å². The second-order valence-corrected chi connectivity index (χ2v) is 10.1. The van der Waals surface area contributed by atoms with Crippen LogP contribution >= 0.6 is 27.3 Å². The molecule has 0 spiro atoms. The van der Waals surface area contributed by atoms with E-state index in [1.807, 2.05) is 6.07 Å². The predicted octanol–water partition coefficient (Wildman–Crippen LogP) is 3.57. The topological polar surface area (TPSA) is 79.5 Å². The number of thiophene rings is 1. The Bertz CT molecular complexity index is 710. The van der Waals surface area contributed by atoms with Crippen molar-refractivity contribution >= 4 is 37.3 Å². The molecule has 2 aromatic heterocycles. The summed E-state index contributed by atoms with van der Waals surface area (Å²) in [5, 5.41) is 9.75. The zero-order chi connectivity index (χ0) is 17.0. The van der Waals surface area contributed by atoms with Crippen LogP contribution in [-0.2, 0) is 10.0 Å². The van der Waals surface area contributed by atoms with Gasteiger partial charge < -0.3 is 9.52 Å². The highest BCUT2D eigenvalue weighted by Gasteiger charge is 2.30. The molecule has 2 atom stereocenters. The fraction of sp³-hybridized carbons (Fsp3) is 0.467. The van der Waals surface area contributed by atoms with Gasteiger partial charge in [-0.25, -0.2) is 13.1 Å². The van der Waals surface area contributed by atoms with Gasteiger partial charge in [-0.1, -0.05) is 13.8 Å². The number of sulfonamides is 1. The van der Waals surface area contributed by atoms with Gasteiger partial charge in [0.1, 0.15) is 9.97 Å². The van der Waals surface area contributed by atoms with E-state index >= 15 is 0 Å². The molecule has 2 rings (SSSR count). The second-order valence-electron chi connectivity index (χ2n) is 5.72. The Kier molecular flexibility index (Phi) is 6.44. The highest BCUT2D eigenvalue weighted by atomic mass is 79.9. The number of hydrogen-bond donors (Lipinski definition) is 2. The van der Waals surface area contributed by atoms with Crippen molar-refractivity contribution in [2.45, 2.75) is 36.4 Å². The van der Waals surface area contributed by atoms with Gasteiger partial charge in [0.05, 0.1) is 22.7 Å². The van der Waals surface area contributed by atoms with Gasteiger partial charge in [-0.2, -0.15) is 0 Å². The Labute approximate surface area is 148 Å². The van der Waals surface area contributed by atoms with Crippen LogP contribution in [-0.4, -0.2) is 26.2 Å². The molecule has 0 aromatic carbocycles. The van der Waals surface area contributed by atoms with E-state index in [1.165, 1.54) is 6.07 Å². The van der Waals surface area contributed by atoms with E-state index in [2.05, 4.69) is 34.5 Å². The van der Waals surface area contributed by atoms with E-state index in [4.69, 9.17) is 4.42 Å². The third-order valence-corrected chi connectivity index (χ3v) is 7.04. The molecule has 8 heteroatoms. The molecule has 0 aliphatic heterocycles. The van der Waals surface area contributed by atoms with Gasteiger partial charge in [-0.3, -0.25) is 0 Å². The predicted molar refractivity (Wildman–Crippen MR) is 94.1 cm³/mol. The van der Waals surface area contributed by atoms with E-state index in [0.29, 0.717) is 18.1 Å². The monoisotopic (exact) mass is 421 g/mol. The minimum Gasteiger partial charge on any atom is -0.469 e. The van der Waals surface area contributed by atoms with Crippen LogP contribution in [0.2, 0.25) is 0 Å². The van der Waals surface area contributed by atoms with Crippen LogP contribution in [0.1, 0.15) is 31.9 Å². The Morgan fingerprint density at radius 1 is 1.35 bits per heavy atom. The lowest BCUT2D eigenvalue weighted by molar-refractivity contribution is 0.218. The zero-order valence-corrected chi connectivity index (χ0v) is 16.1. The Morgan fingerprint density at radius 3 is 2.57 bits per heavy atom. The van der Waals surface area contributed by atoms with Gasteiger partial charge in [0.15, 0.2) is 0 Å². The Balaban J connectivity index is 2.25. The molecule has 5 nitrogen and oxygen atoms in total. The van der Waals surface area contributed by atoms with E-state index in [-0.39, 0.29) is 16.7 Å². The molecular formula is C15H20BrNO4S2. The molecule has 0 aliphatic rings. The van der Waals surface area contributed by atoms with Crippen LogP contribution < -0.4 is 4.72 Å². The zero-order valence-electron chi connectivity index (χ0n) is 12.9. The summed E-state index contributed by atoms with van der Waals surface area (Å²) in [6, 6.07) is 6.16. The maximum absolute atomic E-state index is 12.5. The van der Waals surface area contributed by atoms with E-state index in [1.54, 1.807) is 18.4 Å². The van der Waals surface area contributed by atoms with Crippen molar-refractivity contribution in [2.75, 3.05) is 6.61 Å². The molecule has 2 N–H and O–H groups in total. The minimum atomic E-state index is -3.69. The number of rotatable bonds is 8. The Morgan fingerprint density at radius 2 is 2.09 bits per heavy atom.